The third-order valence-corrected chi connectivity index (χ3v) is 4.38. The first kappa shape index (κ1) is 16.2. The molecule has 1 heterocycles. The Morgan fingerprint density at radius 2 is 1.88 bits per heavy atom. The summed E-state index contributed by atoms with van der Waals surface area (Å²) in [5.74, 6) is -0.594. The van der Waals surface area contributed by atoms with Gasteiger partial charge in [0, 0.05) is 17.8 Å². The molecule has 2 N–H and O–H groups in total. The maximum Gasteiger partial charge on any atom is 0.251 e. The molecule has 0 saturated heterocycles. The molecule has 0 fully saturated rings. The fourth-order valence-electron chi connectivity index (χ4n) is 2.80. The fourth-order valence-corrected chi connectivity index (χ4v) is 2.80. The number of benzene rings is 2. The highest BCUT2D eigenvalue weighted by molar-refractivity contribution is 6.05. The average molecular weight is 326 g/mol. The zero-order valence-electron chi connectivity index (χ0n) is 13.7. The van der Waals surface area contributed by atoms with Gasteiger partial charge < -0.3 is 10.6 Å². The van der Waals surface area contributed by atoms with Crippen LogP contribution in [0, 0.1) is 5.82 Å². The zero-order valence-corrected chi connectivity index (χ0v) is 13.7. The lowest BCUT2D eigenvalue weighted by atomic mass is 9.85. The quantitative estimate of drug-likeness (QED) is 0.907. The molecule has 4 nitrogen and oxygen atoms in total. The van der Waals surface area contributed by atoms with E-state index in [1.54, 1.807) is 0 Å². The maximum absolute atomic E-state index is 12.9. The van der Waals surface area contributed by atoms with Crippen molar-refractivity contribution in [1.82, 2.24) is 5.32 Å². The number of amides is 2. The van der Waals surface area contributed by atoms with Crippen LogP contribution in [0.25, 0.3) is 0 Å². The number of anilines is 1. The Morgan fingerprint density at radius 3 is 2.58 bits per heavy atom. The lowest BCUT2D eigenvalue weighted by Crippen LogP contribution is -2.27. The number of carbonyl (C=O) groups is 2. The molecular formula is C19H19FN2O2. The molecule has 1 aliphatic heterocycles. The van der Waals surface area contributed by atoms with Gasteiger partial charge in [-0.15, -0.1) is 0 Å². The van der Waals surface area contributed by atoms with Crippen LogP contribution in [0.2, 0.25) is 0 Å². The summed E-state index contributed by atoms with van der Waals surface area (Å²) in [6, 6.07) is 11.3. The number of hydrogen-bond acceptors (Lipinski definition) is 2. The molecular weight excluding hydrogens is 307 g/mol. The number of nitrogens with one attached hydrogen (secondary N) is 2. The molecule has 2 aromatic rings. The van der Waals surface area contributed by atoms with E-state index in [2.05, 4.69) is 10.6 Å². The number of fused-ring (bicyclic) bond motifs is 1. The molecule has 0 saturated carbocycles. The molecule has 0 unspecified atom stereocenters. The lowest BCUT2D eigenvalue weighted by Gasteiger charge is -2.16. The van der Waals surface area contributed by atoms with Gasteiger partial charge in [-0.25, -0.2) is 4.39 Å². The molecule has 3 rings (SSSR count). The molecule has 1 aliphatic rings. The van der Waals surface area contributed by atoms with Gasteiger partial charge in [-0.1, -0.05) is 12.1 Å². The SMILES string of the molecule is CC1(C)C(=O)Nc2ccc(CCNC(=O)c3ccc(F)cc3)cc21. The number of carbonyl (C=O) groups excluding carboxylic acids is 2. The molecule has 0 atom stereocenters. The standard InChI is InChI=1S/C19H19FN2O2/c1-19(2)15-11-12(3-8-16(15)22-18(19)24)9-10-21-17(23)13-4-6-14(20)7-5-13/h3-8,11H,9-10H2,1-2H3,(H,21,23)(H,22,24). The number of halogens is 1. The first-order chi connectivity index (χ1) is 11.4. The molecule has 0 spiro atoms. The lowest BCUT2D eigenvalue weighted by molar-refractivity contribution is -0.119. The molecule has 0 bridgehead atoms. The average Bonchev–Trinajstić information content (AvgIpc) is 2.78. The Labute approximate surface area is 140 Å². The summed E-state index contributed by atoms with van der Waals surface area (Å²) in [4.78, 5) is 23.9. The third-order valence-electron chi connectivity index (χ3n) is 4.38. The Hall–Kier alpha value is -2.69. The van der Waals surface area contributed by atoms with Gasteiger partial charge in [-0.3, -0.25) is 9.59 Å². The van der Waals surface area contributed by atoms with Crippen LogP contribution >= 0.6 is 0 Å². The van der Waals surface area contributed by atoms with Crippen LogP contribution in [-0.4, -0.2) is 18.4 Å². The van der Waals surface area contributed by atoms with Gasteiger partial charge in [0.05, 0.1) is 5.41 Å². The van der Waals surface area contributed by atoms with E-state index in [1.807, 2.05) is 32.0 Å². The Morgan fingerprint density at radius 1 is 1.17 bits per heavy atom. The maximum atomic E-state index is 12.9. The van der Waals surface area contributed by atoms with E-state index in [0.29, 0.717) is 18.5 Å². The number of rotatable bonds is 4. The summed E-state index contributed by atoms with van der Waals surface area (Å²) in [5, 5.41) is 5.70. The van der Waals surface area contributed by atoms with Gasteiger partial charge in [0.25, 0.3) is 5.91 Å². The van der Waals surface area contributed by atoms with E-state index in [4.69, 9.17) is 0 Å². The Kier molecular flexibility index (Phi) is 4.09. The second kappa shape index (κ2) is 6.07. The second-order valence-electron chi connectivity index (χ2n) is 6.47. The van der Waals surface area contributed by atoms with Crippen LogP contribution in [0.4, 0.5) is 10.1 Å². The van der Waals surface area contributed by atoms with Crippen molar-refractivity contribution in [1.29, 1.82) is 0 Å². The fraction of sp³-hybridized carbons (Fsp3) is 0.263. The van der Waals surface area contributed by atoms with Crippen molar-refractivity contribution in [2.24, 2.45) is 0 Å². The van der Waals surface area contributed by atoms with Crippen molar-refractivity contribution in [3.05, 3.63) is 65.0 Å². The van der Waals surface area contributed by atoms with E-state index >= 15 is 0 Å². The molecule has 124 valence electrons. The van der Waals surface area contributed by atoms with E-state index < -0.39 is 5.41 Å². The molecule has 0 aliphatic carbocycles. The smallest absolute Gasteiger partial charge is 0.251 e. The van der Waals surface area contributed by atoms with Crippen molar-refractivity contribution < 1.29 is 14.0 Å². The summed E-state index contributed by atoms with van der Waals surface area (Å²) in [6.07, 6.45) is 0.657. The molecule has 2 aromatic carbocycles. The molecule has 24 heavy (non-hydrogen) atoms. The van der Waals surface area contributed by atoms with Crippen LogP contribution in [0.5, 0.6) is 0 Å². The van der Waals surface area contributed by atoms with Gasteiger partial charge >= 0.3 is 0 Å². The first-order valence-electron chi connectivity index (χ1n) is 7.86. The molecule has 0 aromatic heterocycles. The van der Waals surface area contributed by atoms with E-state index in [1.165, 1.54) is 24.3 Å². The molecule has 5 heteroatoms. The summed E-state index contributed by atoms with van der Waals surface area (Å²) < 4.78 is 12.9. The minimum Gasteiger partial charge on any atom is -0.352 e. The predicted molar refractivity (Wildman–Crippen MR) is 90.5 cm³/mol. The van der Waals surface area contributed by atoms with Gasteiger partial charge in [0.15, 0.2) is 0 Å². The van der Waals surface area contributed by atoms with Crippen molar-refractivity contribution in [3.8, 4) is 0 Å². The summed E-state index contributed by atoms with van der Waals surface area (Å²) >= 11 is 0. The van der Waals surface area contributed by atoms with E-state index in [0.717, 1.165) is 16.8 Å². The van der Waals surface area contributed by atoms with Gasteiger partial charge in [-0.05, 0) is 61.7 Å². The van der Waals surface area contributed by atoms with Crippen LogP contribution in [-0.2, 0) is 16.6 Å². The first-order valence-corrected chi connectivity index (χ1v) is 7.86. The second-order valence-corrected chi connectivity index (χ2v) is 6.47. The third kappa shape index (κ3) is 3.02. The largest absolute Gasteiger partial charge is 0.352 e. The zero-order chi connectivity index (χ0) is 17.3. The van der Waals surface area contributed by atoms with E-state index in [-0.39, 0.29) is 17.6 Å². The summed E-state index contributed by atoms with van der Waals surface area (Å²) in [6.45, 7) is 4.26. The highest BCUT2D eigenvalue weighted by Gasteiger charge is 2.38. The van der Waals surface area contributed by atoms with Crippen molar-refractivity contribution >= 4 is 17.5 Å². The topological polar surface area (TPSA) is 58.2 Å². The van der Waals surface area contributed by atoms with Gasteiger partial charge in [0.1, 0.15) is 5.82 Å². The van der Waals surface area contributed by atoms with Crippen molar-refractivity contribution in [2.75, 3.05) is 11.9 Å². The summed E-state index contributed by atoms with van der Waals surface area (Å²) in [5.41, 5.74) is 2.78. The molecule has 0 radical (unpaired) electrons. The minimum absolute atomic E-state index is 0.000683. The Balaban J connectivity index is 1.62. The van der Waals surface area contributed by atoms with Gasteiger partial charge in [0.2, 0.25) is 5.91 Å². The van der Waals surface area contributed by atoms with Crippen LogP contribution in [0.15, 0.2) is 42.5 Å². The van der Waals surface area contributed by atoms with Crippen molar-refractivity contribution in [2.45, 2.75) is 25.7 Å². The minimum atomic E-state index is -0.539. The van der Waals surface area contributed by atoms with E-state index in [9.17, 15) is 14.0 Å². The Bertz CT molecular complexity index is 798. The monoisotopic (exact) mass is 326 g/mol. The highest BCUT2D eigenvalue weighted by atomic mass is 19.1. The number of hydrogen-bond donors (Lipinski definition) is 2. The molecule has 2 amide bonds. The van der Waals surface area contributed by atoms with Crippen molar-refractivity contribution in [3.63, 3.8) is 0 Å². The normalized spacial score (nSPS) is 14.9. The van der Waals surface area contributed by atoms with Crippen LogP contribution in [0.3, 0.4) is 0 Å². The van der Waals surface area contributed by atoms with Gasteiger partial charge in [-0.2, -0.15) is 0 Å². The van der Waals surface area contributed by atoms with Crippen LogP contribution in [0.1, 0.15) is 35.3 Å². The highest BCUT2D eigenvalue weighted by Crippen LogP contribution is 2.37. The summed E-state index contributed by atoms with van der Waals surface area (Å²) in [7, 11) is 0. The van der Waals surface area contributed by atoms with Crippen LogP contribution < -0.4 is 10.6 Å². The predicted octanol–water partition coefficient (Wildman–Crippen LogP) is 3.03.